The van der Waals surface area contributed by atoms with E-state index in [1.54, 1.807) is 22.8 Å². The highest BCUT2D eigenvalue weighted by atomic mass is 32.2. The summed E-state index contributed by atoms with van der Waals surface area (Å²) >= 11 is 1.28. The number of rotatable bonds is 6. The van der Waals surface area contributed by atoms with Crippen molar-refractivity contribution >= 4 is 11.8 Å². The summed E-state index contributed by atoms with van der Waals surface area (Å²) in [5.41, 5.74) is 1.24. The maximum Gasteiger partial charge on any atom is 0.416 e. The Morgan fingerprint density at radius 2 is 1.78 bits per heavy atom. The van der Waals surface area contributed by atoms with E-state index in [0.29, 0.717) is 28.7 Å². The third-order valence-corrected chi connectivity index (χ3v) is 5.00. The Hall–Kier alpha value is -2.32. The fourth-order valence-corrected chi connectivity index (χ4v) is 3.50. The van der Waals surface area contributed by atoms with Crippen LogP contribution in [0.4, 0.5) is 17.6 Å². The first-order valence-electron chi connectivity index (χ1n) is 8.05. The van der Waals surface area contributed by atoms with E-state index >= 15 is 0 Å². The van der Waals surface area contributed by atoms with Gasteiger partial charge in [-0.25, -0.2) is 9.37 Å². The van der Waals surface area contributed by atoms with Gasteiger partial charge in [0.05, 0.1) is 24.1 Å². The molecule has 1 aromatic heterocycles. The van der Waals surface area contributed by atoms with Gasteiger partial charge in [0.15, 0.2) is 5.16 Å². The average Bonchev–Trinajstić information content (AvgIpc) is 3.03. The number of hydrogen-bond donors (Lipinski definition) is 1. The molecule has 0 bridgehead atoms. The molecule has 1 N–H and O–H groups in total. The number of hydrogen-bond acceptors (Lipinski definition) is 3. The lowest BCUT2D eigenvalue weighted by Gasteiger charge is -2.12. The van der Waals surface area contributed by atoms with Crippen LogP contribution in [-0.2, 0) is 25.1 Å². The fourth-order valence-electron chi connectivity index (χ4n) is 2.56. The molecule has 2 aromatic carbocycles. The van der Waals surface area contributed by atoms with E-state index in [4.69, 9.17) is 0 Å². The van der Waals surface area contributed by atoms with Crippen LogP contribution >= 0.6 is 11.8 Å². The van der Waals surface area contributed by atoms with Crippen molar-refractivity contribution in [1.82, 2.24) is 9.55 Å². The molecule has 3 aromatic rings. The van der Waals surface area contributed by atoms with Gasteiger partial charge in [0.2, 0.25) is 0 Å². The number of aliphatic hydroxyl groups is 1. The number of alkyl halides is 3. The second kappa shape index (κ2) is 8.14. The summed E-state index contributed by atoms with van der Waals surface area (Å²) in [5.74, 6) is -0.0409. The lowest BCUT2D eigenvalue weighted by molar-refractivity contribution is -0.137. The van der Waals surface area contributed by atoms with Crippen molar-refractivity contribution in [3.05, 3.63) is 82.9 Å². The van der Waals surface area contributed by atoms with Crippen molar-refractivity contribution in [2.45, 2.75) is 30.2 Å². The molecule has 0 amide bonds. The van der Waals surface area contributed by atoms with Gasteiger partial charge < -0.3 is 9.67 Å². The summed E-state index contributed by atoms with van der Waals surface area (Å²) in [4.78, 5) is 4.26. The van der Waals surface area contributed by atoms with E-state index in [2.05, 4.69) is 4.98 Å². The van der Waals surface area contributed by atoms with Crippen molar-refractivity contribution in [2.24, 2.45) is 0 Å². The number of halogens is 4. The summed E-state index contributed by atoms with van der Waals surface area (Å²) in [7, 11) is 0. The van der Waals surface area contributed by atoms with Gasteiger partial charge in [0.1, 0.15) is 5.82 Å². The van der Waals surface area contributed by atoms with Crippen LogP contribution in [-0.4, -0.2) is 14.7 Å². The molecule has 0 spiro atoms. The van der Waals surface area contributed by atoms with E-state index in [-0.39, 0.29) is 12.4 Å². The van der Waals surface area contributed by atoms with Crippen molar-refractivity contribution in [3.8, 4) is 0 Å². The molecule has 8 heteroatoms. The molecule has 1 heterocycles. The van der Waals surface area contributed by atoms with Gasteiger partial charge in [-0.2, -0.15) is 13.2 Å². The van der Waals surface area contributed by atoms with E-state index in [0.717, 1.165) is 17.7 Å². The fraction of sp³-hybridized carbons (Fsp3) is 0.211. The summed E-state index contributed by atoms with van der Waals surface area (Å²) in [6.45, 7) is 0.152. The molecule has 0 unspecified atom stereocenters. The SMILES string of the molecule is OCc1cnc(SCc2cccc(C(F)(F)F)c2)n1Cc1ccc(F)cc1. The second-order valence-corrected chi connectivity index (χ2v) is 6.83. The number of imidazole rings is 1. The lowest BCUT2D eigenvalue weighted by atomic mass is 10.1. The molecular weight excluding hydrogens is 380 g/mol. The standard InChI is InChI=1S/C19H16F4N2OS/c20-16-6-4-13(5-7-16)10-25-17(11-26)9-24-18(25)27-12-14-2-1-3-15(8-14)19(21,22)23/h1-9,26H,10-12H2. The molecule has 27 heavy (non-hydrogen) atoms. The zero-order valence-corrected chi connectivity index (χ0v) is 14.9. The first-order chi connectivity index (χ1) is 12.9. The third kappa shape index (κ3) is 4.90. The molecule has 142 valence electrons. The van der Waals surface area contributed by atoms with Crippen LogP contribution in [0.1, 0.15) is 22.4 Å². The predicted octanol–water partition coefficient (Wildman–Crippen LogP) is 4.87. The number of benzene rings is 2. The molecule has 0 aliphatic carbocycles. The molecular formula is C19H16F4N2OS. The van der Waals surface area contributed by atoms with Crippen LogP contribution in [0.3, 0.4) is 0 Å². The Morgan fingerprint density at radius 1 is 1.04 bits per heavy atom. The van der Waals surface area contributed by atoms with Crippen LogP contribution in [0.15, 0.2) is 59.9 Å². The number of nitrogens with zero attached hydrogens (tertiary/aromatic N) is 2. The van der Waals surface area contributed by atoms with Crippen LogP contribution in [0, 0.1) is 5.82 Å². The smallest absolute Gasteiger partial charge is 0.390 e. The molecule has 0 aliphatic heterocycles. The minimum Gasteiger partial charge on any atom is -0.390 e. The van der Waals surface area contributed by atoms with Gasteiger partial charge in [-0.15, -0.1) is 0 Å². The molecule has 0 saturated heterocycles. The zero-order valence-electron chi connectivity index (χ0n) is 14.1. The Bertz CT molecular complexity index is 907. The van der Waals surface area contributed by atoms with Gasteiger partial charge in [-0.05, 0) is 29.3 Å². The average molecular weight is 396 g/mol. The van der Waals surface area contributed by atoms with E-state index in [1.165, 1.54) is 36.2 Å². The Morgan fingerprint density at radius 3 is 2.44 bits per heavy atom. The monoisotopic (exact) mass is 396 g/mol. The Kier molecular flexibility index (Phi) is 5.86. The maximum absolute atomic E-state index is 13.1. The predicted molar refractivity (Wildman–Crippen MR) is 94.7 cm³/mol. The summed E-state index contributed by atoms with van der Waals surface area (Å²) in [6.07, 6.45) is -2.86. The highest BCUT2D eigenvalue weighted by Gasteiger charge is 2.30. The Labute approximate surface area is 157 Å². The summed E-state index contributed by atoms with van der Waals surface area (Å²) < 4.78 is 53.4. The van der Waals surface area contributed by atoms with Gasteiger partial charge in [-0.3, -0.25) is 0 Å². The zero-order chi connectivity index (χ0) is 19.4. The summed E-state index contributed by atoms with van der Waals surface area (Å²) in [6, 6.07) is 11.1. The third-order valence-electron chi connectivity index (χ3n) is 3.94. The van der Waals surface area contributed by atoms with Gasteiger partial charge in [-0.1, -0.05) is 42.1 Å². The molecule has 0 radical (unpaired) electrons. The van der Waals surface area contributed by atoms with Crippen LogP contribution in [0.25, 0.3) is 0 Å². The van der Waals surface area contributed by atoms with Crippen molar-refractivity contribution in [3.63, 3.8) is 0 Å². The lowest BCUT2D eigenvalue weighted by Crippen LogP contribution is -2.06. The molecule has 0 aliphatic rings. The van der Waals surface area contributed by atoms with E-state index in [9.17, 15) is 22.7 Å². The minimum atomic E-state index is -4.38. The first-order valence-corrected chi connectivity index (χ1v) is 9.04. The number of aliphatic hydroxyl groups excluding tert-OH is 1. The highest BCUT2D eigenvalue weighted by Crippen LogP contribution is 2.31. The normalized spacial score (nSPS) is 11.7. The van der Waals surface area contributed by atoms with Crippen LogP contribution < -0.4 is 0 Å². The topological polar surface area (TPSA) is 38.1 Å². The van der Waals surface area contributed by atoms with Gasteiger partial charge >= 0.3 is 6.18 Å². The van der Waals surface area contributed by atoms with Crippen molar-refractivity contribution in [2.75, 3.05) is 0 Å². The van der Waals surface area contributed by atoms with Gasteiger partial charge in [0.25, 0.3) is 0 Å². The van der Waals surface area contributed by atoms with Crippen molar-refractivity contribution < 1.29 is 22.7 Å². The molecule has 0 fully saturated rings. The largest absolute Gasteiger partial charge is 0.416 e. The quantitative estimate of drug-likeness (QED) is 0.477. The first kappa shape index (κ1) is 19.4. The van der Waals surface area contributed by atoms with E-state index < -0.39 is 11.7 Å². The van der Waals surface area contributed by atoms with E-state index in [1.807, 2.05) is 0 Å². The number of aromatic nitrogens is 2. The van der Waals surface area contributed by atoms with Crippen molar-refractivity contribution in [1.29, 1.82) is 0 Å². The minimum absolute atomic E-state index is 0.224. The van der Waals surface area contributed by atoms with Crippen LogP contribution in [0.5, 0.6) is 0 Å². The number of thioether (sulfide) groups is 1. The molecule has 3 nitrogen and oxygen atoms in total. The van der Waals surface area contributed by atoms with Crippen LogP contribution in [0.2, 0.25) is 0 Å². The van der Waals surface area contributed by atoms with Gasteiger partial charge in [0, 0.05) is 12.3 Å². The summed E-state index contributed by atoms with van der Waals surface area (Å²) in [5, 5.41) is 10.1. The second-order valence-electron chi connectivity index (χ2n) is 5.89. The highest BCUT2D eigenvalue weighted by molar-refractivity contribution is 7.98. The molecule has 0 saturated carbocycles. The maximum atomic E-state index is 13.1. The molecule has 0 atom stereocenters. The Balaban J connectivity index is 1.77. The molecule has 3 rings (SSSR count).